The quantitative estimate of drug-likeness (QED) is 0.371. The second-order valence-electron chi connectivity index (χ2n) is 7.87. The van der Waals surface area contributed by atoms with Crippen molar-refractivity contribution in [3.05, 3.63) is 53.6 Å². The molecule has 0 radical (unpaired) electrons. The fraction of sp³-hybridized carbons (Fsp3) is 0.292. The van der Waals surface area contributed by atoms with Gasteiger partial charge >= 0.3 is 0 Å². The van der Waals surface area contributed by atoms with Gasteiger partial charge in [0.05, 0.1) is 21.8 Å². The minimum Gasteiger partial charge on any atom is -0.494 e. The van der Waals surface area contributed by atoms with Crippen molar-refractivity contribution >= 4 is 50.1 Å². The van der Waals surface area contributed by atoms with Gasteiger partial charge in [0.15, 0.2) is 5.13 Å². The van der Waals surface area contributed by atoms with Crippen LogP contribution in [0.25, 0.3) is 21.5 Å². The Kier molecular flexibility index (Phi) is 6.20. The highest BCUT2D eigenvalue weighted by Crippen LogP contribution is 2.34. The number of aromatic nitrogens is 2. The Labute approximate surface area is 200 Å². The molecule has 2 aromatic carbocycles. The van der Waals surface area contributed by atoms with Gasteiger partial charge in [0.1, 0.15) is 11.4 Å². The summed E-state index contributed by atoms with van der Waals surface area (Å²) in [6.45, 7) is 4.17. The predicted octanol–water partition coefficient (Wildman–Crippen LogP) is 5.86. The van der Waals surface area contributed by atoms with E-state index in [0.29, 0.717) is 23.2 Å². The lowest BCUT2D eigenvalue weighted by Crippen LogP contribution is -2.38. The molecule has 1 aliphatic heterocycles. The highest BCUT2D eigenvalue weighted by Gasteiger charge is 2.27. The molecule has 0 unspecified atom stereocenters. The van der Waals surface area contributed by atoms with E-state index in [1.54, 1.807) is 23.5 Å². The summed E-state index contributed by atoms with van der Waals surface area (Å²) in [5.74, 6) is 1.05. The molecule has 1 amide bonds. The number of hydrogen-bond acceptors (Lipinski definition) is 7. The number of amides is 1. The lowest BCUT2D eigenvalue weighted by Gasteiger charge is -2.30. The van der Waals surface area contributed by atoms with E-state index < -0.39 is 0 Å². The molecule has 3 heterocycles. The number of carbonyl (C=O) groups is 1. The first-order valence-electron chi connectivity index (χ1n) is 10.9. The molecule has 0 saturated carbocycles. The Morgan fingerprint density at radius 2 is 2.06 bits per heavy atom. The molecule has 0 atom stereocenters. The van der Waals surface area contributed by atoms with E-state index in [1.165, 1.54) is 0 Å². The van der Waals surface area contributed by atoms with E-state index in [4.69, 9.17) is 25.8 Å². The lowest BCUT2D eigenvalue weighted by molar-refractivity contribution is -0.120. The Morgan fingerprint density at radius 1 is 1.24 bits per heavy atom. The molecule has 1 saturated heterocycles. The third-order valence-corrected chi connectivity index (χ3v) is 7.11. The number of ether oxygens (including phenoxy) is 1. The fourth-order valence-corrected chi connectivity index (χ4v) is 5.25. The average molecular weight is 483 g/mol. The van der Waals surface area contributed by atoms with Gasteiger partial charge in [-0.3, -0.25) is 10.1 Å². The number of carbonyl (C=O) groups excluding carboxylic acids is 1. The number of benzene rings is 2. The number of thiazole rings is 1. The Balaban J connectivity index is 1.19. The van der Waals surface area contributed by atoms with Crippen molar-refractivity contribution in [2.24, 2.45) is 5.92 Å². The molecule has 0 bridgehead atoms. The number of piperidine rings is 1. The zero-order valence-electron chi connectivity index (χ0n) is 18.1. The predicted molar refractivity (Wildman–Crippen MR) is 131 cm³/mol. The van der Waals surface area contributed by atoms with E-state index in [9.17, 15) is 4.79 Å². The first kappa shape index (κ1) is 21.7. The second kappa shape index (κ2) is 9.41. The smallest absolute Gasteiger partial charge is 0.231 e. The van der Waals surface area contributed by atoms with Crippen molar-refractivity contribution in [3.8, 4) is 17.0 Å². The molecule has 0 spiro atoms. The van der Waals surface area contributed by atoms with Gasteiger partial charge in [-0.2, -0.15) is 0 Å². The van der Waals surface area contributed by atoms with Crippen molar-refractivity contribution in [1.29, 1.82) is 0 Å². The van der Waals surface area contributed by atoms with Crippen LogP contribution < -0.4 is 15.0 Å². The third-order valence-electron chi connectivity index (χ3n) is 5.70. The molecule has 5 rings (SSSR count). The summed E-state index contributed by atoms with van der Waals surface area (Å²) < 4.78 is 12.0. The summed E-state index contributed by atoms with van der Waals surface area (Å²) in [5, 5.41) is 8.46. The van der Waals surface area contributed by atoms with Crippen LogP contribution in [-0.2, 0) is 4.79 Å². The molecule has 9 heteroatoms. The van der Waals surface area contributed by atoms with Crippen LogP contribution in [0.1, 0.15) is 19.8 Å². The van der Waals surface area contributed by atoms with Crippen molar-refractivity contribution < 1.29 is 14.1 Å². The molecule has 1 fully saturated rings. The van der Waals surface area contributed by atoms with Crippen LogP contribution in [0.2, 0.25) is 5.02 Å². The fourth-order valence-electron chi connectivity index (χ4n) is 3.97. The summed E-state index contributed by atoms with van der Waals surface area (Å²) in [6.07, 6.45) is 1.49. The number of halogens is 1. The van der Waals surface area contributed by atoms with Crippen LogP contribution >= 0.6 is 22.9 Å². The Bertz CT molecular complexity index is 1280. The lowest BCUT2D eigenvalue weighted by atomic mass is 9.96. The maximum absolute atomic E-state index is 12.8. The summed E-state index contributed by atoms with van der Waals surface area (Å²) in [4.78, 5) is 19.8. The summed E-state index contributed by atoms with van der Waals surface area (Å²) in [5.41, 5.74) is 2.33. The molecule has 0 aliphatic carbocycles. The van der Waals surface area contributed by atoms with Crippen molar-refractivity contribution in [2.75, 3.05) is 29.9 Å². The summed E-state index contributed by atoms with van der Waals surface area (Å²) >= 11 is 7.88. The van der Waals surface area contributed by atoms with E-state index in [2.05, 4.69) is 15.4 Å². The van der Waals surface area contributed by atoms with Gasteiger partial charge in [-0.15, -0.1) is 0 Å². The van der Waals surface area contributed by atoms with Crippen LogP contribution in [0, 0.1) is 5.92 Å². The van der Waals surface area contributed by atoms with Gasteiger partial charge in [-0.05, 0) is 44.0 Å². The number of nitrogens with one attached hydrogen (secondary N) is 1. The van der Waals surface area contributed by atoms with Gasteiger partial charge in [0.25, 0.3) is 0 Å². The van der Waals surface area contributed by atoms with Crippen LogP contribution in [0.5, 0.6) is 5.75 Å². The van der Waals surface area contributed by atoms with Gasteiger partial charge in [-0.1, -0.05) is 46.3 Å². The zero-order valence-corrected chi connectivity index (χ0v) is 19.7. The molecule has 170 valence electrons. The number of hydrogen-bond donors (Lipinski definition) is 1. The van der Waals surface area contributed by atoms with Gasteiger partial charge in [0, 0.05) is 30.6 Å². The van der Waals surface area contributed by atoms with Crippen LogP contribution in [-0.4, -0.2) is 35.7 Å². The summed E-state index contributed by atoms with van der Waals surface area (Å²) in [7, 11) is 0. The number of anilines is 2. The number of rotatable bonds is 6. The minimum atomic E-state index is -0.0888. The maximum Gasteiger partial charge on any atom is 0.231 e. The van der Waals surface area contributed by atoms with Crippen molar-refractivity contribution in [1.82, 2.24) is 10.1 Å². The zero-order chi connectivity index (χ0) is 22.8. The van der Waals surface area contributed by atoms with E-state index >= 15 is 0 Å². The normalized spacial score (nSPS) is 14.5. The van der Waals surface area contributed by atoms with E-state index in [1.807, 2.05) is 43.3 Å². The monoisotopic (exact) mass is 482 g/mol. The van der Waals surface area contributed by atoms with Crippen LogP contribution in [0.3, 0.4) is 0 Å². The van der Waals surface area contributed by atoms with Crippen LogP contribution in [0.4, 0.5) is 11.0 Å². The molecule has 33 heavy (non-hydrogen) atoms. The van der Waals surface area contributed by atoms with Gasteiger partial charge in [0.2, 0.25) is 11.8 Å². The Morgan fingerprint density at radius 3 is 2.85 bits per heavy atom. The number of fused-ring (bicyclic) bond motifs is 1. The third kappa shape index (κ3) is 4.67. The standard InChI is InChI=1S/C24H23ClN4O3S/c1-2-31-16-7-8-19-21(13-16)33-24(26-19)29-11-9-15(10-12-29)23(30)27-22-14-20(28-32-22)17-5-3-4-6-18(17)25/h3-8,13-15H,2,9-12H2,1H3,(H,27,30). The molecular formula is C24H23ClN4O3S. The highest BCUT2D eigenvalue weighted by molar-refractivity contribution is 7.22. The Hall–Kier alpha value is -3.10. The molecular weight excluding hydrogens is 460 g/mol. The molecule has 4 aromatic rings. The second-order valence-corrected chi connectivity index (χ2v) is 9.28. The van der Waals surface area contributed by atoms with Crippen LogP contribution in [0.15, 0.2) is 53.1 Å². The first-order chi connectivity index (χ1) is 16.1. The summed E-state index contributed by atoms with van der Waals surface area (Å²) in [6, 6.07) is 15.1. The molecule has 7 nitrogen and oxygen atoms in total. The molecule has 1 aliphatic rings. The van der Waals surface area contributed by atoms with Crippen molar-refractivity contribution in [2.45, 2.75) is 19.8 Å². The van der Waals surface area contributed by atoms with Gasteiger partial charge < -0.3 is 14.2 Å². The molecule has 1 N–H and O–H groups in total. The first-order valence-corrected chi connectivity index (χ1v) is 12.1. The topological polar surface area (TPSA) is 80.5 Å². The van der Waals surface area contributed by atoms with E-state index in [0.717, 1.165) is 52.6 Å². The number of nitrogens with zero attached hydrogens (tertiary/aromatic N) is 3. The minimum absolute atomic E-state index is 0.0536. The molecule has 2 aromatic heterocycles. The SMILES string of the molecule is CCOc1ccc2nc(N3CCC(C(=O)Nc4cc(-c5ccccc5Cl)no4)CC3)sc2c1. The van der Waals surface area contributed by atoms with Gasteiger partial charge in [-0.25, -0.2) is 4.98 Å². The highest BCUT2D eigenvalue weighted by atomic mass is 35.5. The van der Waals surface area contributed by atoms with Crippen molar-refractivity contribution in [3.63, 3.8) is 0 Å². The van der Waals surface area contributed by atoms with E-state index in [-0.39, 0.29) is 11.8 Å². The maximum atomic E-state index is 12.8. The average Bonchev–Trinajstić information content (AvgIpc) is 3.46. The largest absolute Gasteiger partial charge is 0.494 e.